The number of carbonyl (C=O) groups is 2. The summed E-state index contributed by atoms with van der Waals surface area (Å²) in [6.45, 7) is 2.41. The summed E-state index contributed by atoms with van der Waals surface area (Å²) in [6, 6.07) is 5.43. The van der Waals surface area contributed by atoms with E-state index in [0.717, 1.165) is 17.7 Å². The molecule has 4 heteroatoms. The molecule has 1 heterocycles. The van der Waals surface area contributed by atoms with Crippen LogP contribution in [0.3, 0.4) is 0 Å². The van der Waals surface area contributed by atoms with E-state index >= 15 is 0 Å². The second-order valence-electron chi connectivity index (χ2n) is 4.47. The summed E-state index contributed by atoms with van der Waals surface area (Å²) in [5.41, 5.74) is 1.70. The smallest absolute Gasteiger partial charge is 0.306 e. The second-order valence-corrected chi connectivity index (χ2v) is 4.47. The maximum atomic E-state index is 12.1. The topological polar surface area (TPSA) is 52.6 Å². The summed E-state index contributed by atoms with van der Waals surface area (Å²) in [6.07, 6.45) is 0.949. The number of Topliss-reactive ketones (excluding diaryl/α,β-unsaturated/α-hetero) is 1. The van der Waals surface area contributed by atoms with Gasteiger partial charge in [0.2, 0.25) is 0 Å². The van der Waals surface area contributed by atoms with E-state index in [9.17, 15) is 9.59 Å². The van der Waals surface area contributed by atoms with Crippen LogP contribution in [0.15, 0.2) is 18.2 Å². The molecule has 1 aliphatic rings. The first-order valence-corrected chi connectivity index (χ1v) is 5.98. The lowest BCUT2D eigenvalue weighted by molar-refractivity contribution is -0.141. The molecule has 1 aromatic carbocycles. The first-order chi connectivity index (χ1) is 8.61. The zero-order chi connectivity index (χ0) is 13.1. The molecule has 1 unspecified atom stereocenters. The number of carbonyl (C=O) groups excluding carboxylic acids is 2. The number of fused-ring (bicyclic) bond motifs is 1. The van der Waals surface area contributed by atoms with Crippen molar-refractivity contribution in [3.05, 3.63) is 29.3 Å². The van der Waals surface area contributed by atoms with Crippen LogP contribution >= 0.6 is 0 Å². The van der Waals surface area contributed by atoms with Crippen molar-refractivity contribution in [1.82, 2.24) is 0 Å². The molecule has 1 atom stereocenters. The van der Waals surface area contributed by atoms with Crippen molar-refractivity contribution in [1.29, 1.82) is 0 Å². The molecule has 0 radical (unpaired) electrons. The molecular weight excluding hydrogens is 232 g/mol. The lowest BCUT2D eigenvalue weighted by Crippen LogP contribution is -2.16. The molecule has 0 fully saturated rings. The minimum Gasteiger partial charge on any atom is -0.493 e. The van der Waals surface area contributed by atoms with E-state index in [1.165, 1.54) is 7.11 Å². The number of hydrogen-bond donors (Lipinski definition) is 0. The van der Waals surface area contributed by atoms with Crippen LogP contribution < -0.4 is 4.74 Å². The number of ketones is 1. The third kappa shape index (κ3) is 2.53. The van der Waals surface area contributed by atoms with Gasteiger partial charge in [0.05, 0.1) is 20.1 Å². The van der Waals surface area contributed by atoms with Gasteiger partial charge in [-0.05, 0) is 23.8 Å². The molecule has 18 heavy (non-hydrogen) atoms. The average Bonchev–Trinajstić information content (AvgIpc) is 2.84. The van der Waals surface area contributed by atoms with Gasteiger partial charge >= 0.3 is 5.97 Å². The Balaban J connectivity index is 2.11. The van der Waals surface area contributed by atoms with E-state index in [2.05, 4.69) is 4.74 Å². The van der Waals surface area contributed by atoms with Crippen molar-refractivity contribution in [2.45, 2.75) is 19.8 Å². The molecule has 0 spiro atoms. The number of hydrogen-bond acceptors (Lipinski definition) is 4. The Bertz CT molecular complexity index is 479. The molecule has 0 saturated heterocycles. The predicted octanol–water partition coefficient (Wildman–Crippen LogP) is 2.00. The molecule has 0 aliphatic carbocycles. The molecule has 2 rings (SSSR count). The predicted molar refractivity (Wildman–Crippen MR) is 65.8 cm³/mol. The highest BCUT2D eigenvalue weighted by atomic mass is 16.5. The zero-order valence-corrected chi connectivity index (χ0v) is 10.6. The minimum atomic E-state index is -0.363. The fourth-order valence-corrected chi connectivity index (χ4v) is 2.05. The van der Waals surface area contributed by atoms with E-state index in [0.29, 0.717) is 12.2 Å². The fraction of sp³-hybridized carbons (Fsp3) is 0.429. The maximum absolute atomic E-state index is 12.1. The van der Waals surface area contributed by atoms with E-state index in [1.807, 2.05) is 12.1 Å². The second kappa shape index (κ2) is 5.21. The van der Waals surface area contributed by atoms with E-state index < -0.39 is 0 Å². The third-order valence-electron chi connectivity index (χ3n) is 3.12. The minimum absolute atomic E-state index is 0.0323. The highest BCUT2D eigenvalue weighted by Crippen LogP contribution is 2.27. The first kappa shape index (κ1) is 12.6. The number of methoxy groups -OCH3 is 1. The van der Waals surface area contributed by atoms with Gasteiger partial charge in [0.25, 0.3) is 0 Å². The van der Waals surface area contributed by atoms with Gasteiger partial charge in [-0.15, -0.1) is 0 Å². The normalized spacial score (nSPS) is 14.6. The summed E-state index contributed by atoms with van der Waals surface area (Å²) in [4.78, 5) is 23.3. The standard InChI is InChI=1S/C14H16O4/c1-9(7-13(15)17-2)14(16)11-3-4-12-10(8-11)5-6-18-12/h3-4,8-9H,5-7H2,1-2H3. The quantitative estimate of drug-likeness (QED) is 0.604. The van der Waals surface area contributed by atoms with Crippen LogP contribution in [0.4, 0.5) is 0 Å². The summed E-state index contributed by atoms with van der Waals surface area (Å²) in [5.74, 6) is 0.0976. The molecule has 0 bridgehead atoms. The van der Waals surface area contributed by atoms with Crippen molar-refractivity contribution >= 4 is 11.8 Å². The Hall–Kier alpha value is -1.84. The van der Waals surface area contributed by atoms with Crippen LogP contribution in [0.2, 0.25) is 0 Å². The highest BCUT2D eigenvalue weighted by molar-refractivity contribution is 5.99. The summed E-state index contributed by atoms with van der Waals surface area (Å²) < 4.78 is 9.96. The Morgan fingerprint density at radius 3 is 2.94 bits per heavy atom. The molecule has 0 N–H and O–H groups in total. The van der Waals surface area contributed by atoms with Gasteiger partial charge in [-0.3, -0.25) is 9.59 Å². The molecule has 0 saturated carbocycles. The van der Waals surface area contributed by atoms with Gasteiger partial charge in [0, 0.05) is 17.9 Å². The molecule has 1 aromatic rings. The molecule has 0 aromatic heterocycles. The van der Waals surface area contributed by atoms with Gasteiger partial charge in [-0.25, -0.2) is 0 Å². The summed E-state index contributed by atoms with van der Waals surface area (Å²) in [7, 11) is 1.33. The van der Waals surface area contributed by atoms with E-state index in [1.54, 1.807) is 13.0 Å². The van der Waals surface area contributed by atoms with Crippen molar-refractivity contribution < 1.29 is 19.1 Å². The zero-order valence-electron chi connectivity index (χ0n) is 10.6. The van der Waals surface area contributed by atoms with Gasteiger partial charge in [-0.2, -0.15) is 0 Å². The highest BCUT2D eigenvalue weighted by Gasteiger charge is 2.21. The van der Waals surface area contributed by atoms with Gasteiger partial charge in [0.1, 0.15) is 5.75 Å². The molecule has 1 aliphatic heterocycles. The van der Waals surface area contributed by atoms with Crippen LogP contribution in [0.1, 0.15) is 29.3 Å². The van der Waals surface area contributed by atoms with Gasteiger partial charge in [0.15, 0.2) is 5.78 Å². The average molecular weight is 248 g/mol. The Morgan fingerprint density at radius 2 is 2.22 bits per heavy atom. The summed E-state index contributed by atoms with van der Waals surface area (Å²) in [5, 5.41) is 0. The van der Waals surface area contributed by atoms with Crippen LogP contribution in [0.5, 0.6) is 5.75 Å². The Kier molecular flexibility index (Phi) is 3.65. The lowest BCUT2D eigenvalue weighted by Gasteiger charge is -2.09. The maximum Gasteiger partial charge on any atom is 0.306 e. The van der Waals surface area contributed by atoms with Crippen molar-refractivity contribution in [3.8, 4) is 5.75 Å². The van der Waals surface area contributed by atoms with Crippen molar-refractivity contribution in [2.24, 2.45) is 5.92 Å². The third-order valence-corrected chi connectivity index (χ3v) is 3.12. The van der Waals surface area contributed by atoms with E-state index in [-0.39, 0.29) is 24.1 Å². The Labute approximate surface area is 106 Å². The molecule has 4 nitrogen and oxygen atoms in total. The molecular formula is C14H16O4. The lowest BCUT2D eigenvalue weighted by atomic mass is 9.95. The van der Waals surface area contributed by atoms with Crippen molar-refractivity contribution in [3.63, 3.8) is 0 Å². The number of ether oxygens (including phenoxy) is 2. The summed E-state index contributed by atoms with van der Waals surface area (Å²) >= 11 is 0. The van der Waals surface area contributed by atoms with Gasteiger partial charge in [-0.1, -0.05) is 6.92 Å². The van der Waals surface area contributed by atoms with Crippen LogP contribution in [0, 0.1) is 5.92 Å². The number of esters is 1. The SMILES string of the molecule is COC(=O)CC(C)C(=O)c1ccc2c(c1)CCO2. The van der Waals surface area contributed by atoms with Crippen LogP contribution in [-0.4, -0.2) is 25.5 Å². The fourth-order valence-electron chi connectivity index (χ4n) is 2.05. The van der Waals surface area contributed by atoms with Gasteiger partial charge < -0.3 is 9.47 Å². The van der Waals surface area contributed by atoms with Crippen molar-refractivity contribution in [2.75, 3.05) is 13.7 Å². The number of rotatable bonds is 4. The van der Waals surface area contributed by atoms with E-state index in [4.69, 9.17) is 4.74 Å². The van der Waals surface area contributed by atoms with Crippen LogP contribution in [-0.2, 0) is 16.0 Å². The number of benzene rings is 1. The molecule has 96 valence electrons. The molecule has 0 amide bonds. The van der Waals surface area contributed by atoms with Crippen LogP contribution in [0.25, 0.3) is 0 Å². The first-order valence-electron chi connectivity index (χ1n) is 5.98. The Morgan fingerprint density at radius 1 is 1.44 bits per heavy atom. The largest absolute Gasteiger partial charge is 0.493 e. The monoisotopic (exact) mass is 248 g/mol.